The molecular weight excluding hydrogens is 442 g/mol. The van der Waals surface area contributed by atoms with Crippen molar-refractivity contribution >= 4 is 47.6 Å². The Bertz CT molecular complexity index is 532. The predicted molar refractivity (Wildman–Crippen MR) is 110 cm³/mol. The first-order valence-electron chi connectivity index (χ1n) is 7.44. The van der Waals surface area contributed by atoms with Crippen molar-refractivity contribution in [2.45, 2.75) is 31.2 Å². The molecule has 0 spiro atoms. The summed E-state index contributed by atoms with van der Waals surface area (Å²) in [7, 11) is 1.66. The maximum atomic E-state index is 12.8. The van der Waals surface area contributed by atoms with Gasteiger partial charge in [0.25, 0.3) is 0 Å². The predicted octanol–water partition coefficient (Wildman–Crippen LogP) is 2.62. The molecule has 0 aliphatic rings. The highest BCUT2D eigenvalue weighted by Crippen LogP contribution is 2.17. The molecule has 8 heteroatoms. The minimum absolute atomic E-state index is 0. The average Bonchev–Trinajstić information content (AvgIpc) is 2.46. The molecule has 0 unspecified atom stereocenters. The normalized spacial score (nSPS) is 11.5. The van der Waals surface area contributed by atoms with Crippen molar-refractivity contribution < 1.29 is 9.18 Å². The summed E-state index contributed by atoms with van der Waals surface area (Å²) in [5.74, 6) is 1.07. The molecule has 3 N–H and O–H groups in total. The van der Waals surface area contributed by atoms with Crippen LogP contribution in [0.5, 0.6) is 0 Å². The number of halogens is 2. The van der Waals surface area contributed by atoms with Gasteiger partial charge >= 0.3 is 0 Å². The van der Waals surface area contributed by atoms with Gasteiger partial charge in [-0.3, -0.25) is 9.79 Å². The fourth-order valence-corrected chi connectivity index (χ4v) is 2.48. The second-order valence-electron chi connectivity index (χ2n) is 5.95. The lowest BCUT2D eigenvalue weighted by atomic mass is 10.1. The smallest absolute Gasteiger partial charge is 0.239 e. The van der Waals surface area contributed by atoms with Crippen LogP contribution in [0.1, 0.15) is 20.8 Å². The number of benzene rings is 1. The third-order valence-electron chi connectivity index (χ3n) is 2.63. The van der Waals surface area contributed by atoms with Crippen LogP contribution >= 0.6 is 35.7 Å². The number of thioether (sulfide) groups is 1. The van der Waals surface area contributed by atoms with Crippen molar-refractivity contribution in [2.24, 2.45) is 4.99 Å². The number of aliphatic imine (C=N–C) groups is 1. The molecule has 0 atom stereocenters. The molecule has 0 bridgehead atoms. The number of hydrogen-bond acceptors (Lipinski definition) is 3. The van der Waals surface area contributed by atoms with Crippen LogP contribution in [-0.2, 0) is 4.79 Å². The Morgan fingerprint density at radius 1 is 1.21 bits per heavy atom. The molecule has 24 heavy (non-hydrogen) atoms. The summed E-state index contributed by atoms with van der Waals surface area (Å²) in [5.41, 5.74) is -0.249. The number of nitrogens with zero attached hydrogens (tertiary/aromatic N) is 1. The fraction of sp³-hybridized carbons (Fsp3) is 0.500. The quantitative estimate of drug-likeness (QED) is 0.198. The molecule has 0 aliphatic heterocycles. The minimum atomic E-state index is -0.249. The van der Waals surface area contributed by atoms with Crippen LogP contribution in [0, 0.1) is 5.82 Å². The summed E-state index contributed by atoms with van der Waals surface area (Å²) in [4.78, 5) is 16.8. The van der Waals surface area contributed by atoms with Crippen molar-refractivity contribution in [3.8, 4) is 0 Å². The third kappa shape index (κ3) is 10.7. The zero-order valence-electron chi connectivity index (χ0n) is 14.5. The lowest BCUT2D eigenvalue weighted by molar-refractivity contribution is -0.121. The molecule has 5 nitrogen and oxygen atoms in total. The van der Waals surface area contributed by atoms with Crippen molar-refractivity contribution in [3.05, 3.63) is 30.1 Å². The van der Waals surface area contributed by atoms with Gasteiger partial charge in [0.15, 0.2) is 5.96 Å². The van der Waals surface area contributed by atoms with E-state index >= 15 is 0 Å². The molecule has 0 radical (unpaired) electrons. The lowest BCUT2D eigenvalue weighted by Crippen LogP contribution is -2.48. The summed E-state index contributed by atoms with van der Waals surface area (Å²) in [6, 6.07) is 6.40. The van der Waals surface area contributed by atoms with Crippen molar-refractivity contribution in [2.75, 3.05) is 25.9 Å². The molecule has 136 valence electrons. The molecule has 0 aliphatic carbocycles. The average molecular weight is 468 g/mol. The molecule has 1 aromatic carbocycles. The van der Waals surface area contributed by atoms with E-state index in [1.807, 2.05) is 20.8 Å². The second kappa shape index (κ2) is 11.5. The number of hydrogen-bond donors (Lipinski definition) is 3. The van der Waals surface area contributed by atoms with E-state index < -0.39 is 0 Å². The van der Waals surface area contributed by atoms with Gasteiger partial charge in [0.1, 0.15) is 5.82 Å². The zero-order valence-corrected chi connectivity index (χ0v) is 17.6. The van der Waals surface area contributed by atoms with Gasteiger partial charge in [-0.15, -0.1) is 35.7 Å². The van der Waals surface area contributed by atoms with E-state index in [1.54, 1.807) is 30.9 Å². The number of amides is 1. The van der Waals surface area contributed by atoms with E-state index in [0.717, 1.165) is 10.6 Å². The van der Waals surface area contributed by atoms with Crippen LogP contribution in [0.25, 0.3) is 0 Å². The maximum Gasteiger partial charge on any atom is 0.239 e. The number of carbonyl (C=O) groups excluding carboxylic acids is 1. The molecule has 1 aromatic rings. The van der Waals surface area contributed by atoms with Gasteiger partial charge in [0, 0.05) is 29.8 Å². The Balaban J connectivity index is 0.00000529. The van der Waals surface area contributed by atoms with Crippen LogP contribution in [0.3, 0.4) is 0 Å². The first-order valence-corrected chi connectivity index (χ1v) is 8.42. The van der Waals surface area contributed by atoms with Crippen LogP contribution < -0.4 is 16.0 Å². The first-order chi connectivity index (χ1) is 10.8. The molecule has 1 rings (SSSR count). The van der Waals surface area contributed by atoms with Gasteiger partial charge in [0.2, 0.25) is 5.91 Å². The second-order valence-corrected chi connectivity index (χ2v) is 7.12. The van der Waals surface area contributed by atoms with E-state index in [2.05, 4.69) is 20.9 Å². The topological polar surface area (TPSA) is 65.5 Å². The number of nitrogens with one attached hydrogen (secondary N) is 3. The molecule has 0 aromatic heterocycles. The van der Waals surface area contributed by atoms with E-state index in [0.29, 0.717) is 12.5 Å². The van der Waals surface area contributed by atoms with Crippen LogP contribution in [0.2, 0.25) is 0 Å². The third-order valence-corrected chi connectivity index (χ3v) is 3.65. The van der Waals surface area contributed by atoms with Crippen LogP contribution in [0.15, 0.2) is 34.2 Å². The summed E-state index contributed by atoms with van der Waals surface area (Å²) >= 11 is 1.62. The van der Waals surface area contributed by atoms with Crippen molar-refractivity contribution in [3.63, 3.8) is 0 Å². The van der Waals surface area contributed by atoms with E-state index in [-0.39, 0.29) is 47.8 Å². The standard InChI is InChI=1S/C16H25FN4OS.HI/c1-16(2,3)21-14(22)11-20-15(18-4)19-9-10-23-13-7-5-12(17)6-8-13;/h5-8H,9-11H2,1-4H3,(H,21,22)(H2,18,19,20);1H. The molecule has 0 saturated carbocycles. The SMILES string of the molecule is CN=C(NCCSc1ccc(F)cc1)NCC(=O)NC(C)(C)C.I. The maximum absolute atomic E-state index is 12.8. The van der Waals surface area contributed by atoms with Crippen molar-refractivity contribution in [1.29, 1.82) is 0 Å². The number of guanidine groups is 1. The monoisotopic (exact) mass is 468 g/mol. The lowest BCUT2D eigenvalue weighted by Gasteiger charge is -2.21. The Hall–Kier alpha value is -1.03. The fourth-order valence-electron chi connectivity index (χ4n) is 1.72. The molecular formula is C16H26FIN4OS. The largest absolute Gasteiger partial charge is 0.356 e. The van der Waals surface area contributed by atoms with Crippen LogP contribution in [0.4, 0.5) is 4.39 Å². The Morgan fingerprint density at radius 2 is 1.83 bits per heavy atom. The highest BCUT2D eigenvalue weighted by molar-refractivity contribution is 14.0. The van der Waals surface area contributed by atoms with Gasteiger partial charge in [-0.25, -0.2) is 4.39 Å². The Kier molecular flexibility index (Phi) is 11.0. The first kappa shape index (κ1) is 23.0. The van der Waals surface area contributed by atoms with Crippen LogP contribution in [-0.4, -0.2) is 43.3 Å². The molecule has 0 heterocycles. The summed E-state index contributed by atoms with van der Waals surface area (Å²) in [6.45, 7) is 6.66. The Morgan fingerprint density at radius 3 is 2.38 bits per heavy atom. The van der Waals surface area contributed by atoms with E-state index in [9.17, 15) is 9.18 Å². The van der Waals surface area contributed by atoms with E-state index in [1.165, 1.54) is 12.1 Å². The van der Waals surface area contributed by atoms with E-state index in [4.69, 9.17) is 0 Å². The molecule has 1 amide bonds. The zero-order chi connectivity index (χ0) is 17.3. The van der Waals surface area contributed by atoms with Gasteiger partial charge < -0.3 is 16.0 Å². The number of rotatable bonds is 6. The van der Waals surface area contributed by atoms with Gasteiger partial charge in [-0.05, 0) is 45.0 Å². The summed E-state index contributed by atoms with van der Waals surface area (Å²) in [5, 5.41) is 8.97. The van der Waals surface area contributed by atoms with Gasteiger partial charge in [-0.2, -0.15) is 0 Å². The highest BCUT2D eigenvalue weighted by Gasteiger charge is 2.13. The molecule has 0 saturated heterocycles. The highest BCUT2D eigenvalue weighted by atomic mass is 127. The summed E-state index contributed by atoms with van der Waals surface area (Å²) < 4.78 is 12.8. The molecule has 0 fully saturated rings. The van der Waals surface area contributed by atoms with Gasteiger partial charge in [0.05, 0.1) is 6.54 Å². The minimum Gasteiger partial charge on any atom is -0.356 e. The number of carbonyl (C=O) groups is 1. The summed E-state index contributed by atoms with van der Waals surface area (Å²) in [6.07, 6.45) is 0. The Labute approximate surface area is 164 Å². The van der Waals surface area contributed by atoms with Gasteiger partial charge in [-0.1, -0.05) is 0 Å². The van der Waals surface area contributed by atoms with Crippen molar-refractivity contribution in [1.82, 2.24) is 16.0 Å².